The Morgan fingerprint density at radius 1 is 1.38 bits per heavy atom. The summed E-state index contributed by atoms with van der Waals surface area (Å²) in [4.78, 5) is 4.32. The summed E-state index contributed by atoms with van der Waals surface area (Å²) in [7, 11) is 0. The van der Waals surface area contributed by atoms with Gasteiger partial charge < -0.3 is 0 Å². The molecule has 0 aromatic carbocycles. The van der Waals surface area contributed by atoms with Crippen LogP contribution in [-0.4, -0.2) is 24.4 Å². The van der Waals surface area contributed by atoms with E-state index in [9.17, 15) is 0 Å². The van der Waals surface area contributed by atoms with Crippen molar-refractivity contribution in [3.05, 3.63) is 41.0 Å². The summed E-state index contributed by atoms with van der Waals surface area (Å²) < 4.78 is 4.45. The number of halogens is 1. The van der Waals surface area contributed by atoms with Crippen LogP contribution in [0.15, 0.2) is 35.3 Å². The molecule has 0 radical (unpaired) electrons. The monoisotopic (exact) mass is 277 g/mol. The lowest BCUT2D eigenvalue weighted by molar-refractivity contribution is 0.830. The van der Waals surface area contributed by atoms with E-state index in [1.165, 1.54) is 0 Å². The molecule has 0 aliphatic rings. The Morgan fingerprint density at radius 2 is 2.25 bits per heavy atom. The van der Waals surface area contributed by atoms with Gasteiger partial charge in [-0.3, -0.25) is 0 Å². The van der Waals surface area contributed by atoms with Crippen LogP contribution in [0.3, 0.4) is 0 Å². The highest BCUT2D eigenvalue weighted by Gasteiger charge is 2.07. The van der Waals surface area contributed by atoms with Crippen LogP contribution < -0.4 is 0 Å². The topological polar surface area (TPSA) is 48.0 Å². The Hall–Kier alpha value is -1.69. The van der Waals surface area contributed by atoms with Crippen molar-refractivity contribution in [3.63, 3.8) is 0 Å². The zero-order chi connectivity index (χ0) is 11.1. The lowest BCUT2D eigenvalue weighted by Crippen LogP contribution is -2.01. The van der Waals surface area contributed by atoms with E-state index in [4.69, 9.17) is 0 Å². The number of aromatic nitrogens is 5. The molecule has 0 bridgehead atoms. The average molecular weight is 278 g/mol. The summed E-state index contributed by atoms with van der Waals surface area (Å²) in [6, 6.07) is 1.98. The predicted octanol–water partition coefficient (Wildman–Crippen LogP) is 1.99. The standard InChI is InChI=1S/C10H8BrN5/c1-7-4-9-10(12-2-3-15(9)14-7)16-6-8(11)5-13-16/h2-6H,1H3. The highest BCUT2D eigenvalue weighted by atomic mass is 79.9. The number of fused-ring (bicyclic) bond motifs is 1. The molecule has 0 aliphatic carbocycles. The van der Waals surface area contributed by atoms with Crippen molar-refractivity contribution in [2.24, 2.45) is 0 Å². The van der Waals surface area contributed by atoms with Crippen molar-refractivity contribution in [2.75, 3.05) is 0 Å². The van der Waals surface area contributed by atoms with Crippen LogP contribution in [0, 0.1) is 6.92 Å². The molecule has 3 aromatic heterocycles. The number of hydrogen-bond donors (Lipinski definition) is 0. The van der Waals surface area contributed by atoms with E-state index in [0.29, 0.717) is 0 Å². The summed E-state index contributed by atoms with van der Waals surface area (Å²) in [5.74, 6) is 0.772. The molecule has 3 aromatic rings. The molecule has 3 rings (SSSR count). The zero-order valence-corrected chi connectivity index (χ0v) is 10.1. The largest absolute Gasteiger partial charge is 0.235 e. The molecule has 0 amide bonds. The van der Waals surface area contributed by atoms with Gasteiger partial charge in [0.15, 0.2) is 5.82 Å². The van der Waals surface area contributed by atoms with Gasteiger partial charge in [-0.2, -0.15) is 10.2 Å². The third-order valence-corrected chi connectivity index (χ3v) is 2.67. The van der Waals surface area contributed by atoms with Gasteiger partial charge >= 0.3 is 0 Å². The molecule has 0 saturated heterocycles. The van der Waals surface area contributed by atoms with Crippen molar-refractivity contribution in [1.82, 2.24) is 24.4 Å². The molecule has 0 aliphatic heterocycles. The van der Waals surface area contributed by atoms with Gasteiger partial charge in [0, 0.05) is 18.6 Å². The minimum absolute atomic E-state index is 0.772. The highest BCUT2D eigenvalue weighted by Crippen LogP contribution is 2.16. The van der Waals surface area contributed by atoms with Gasteiger partial charge in [0.1, 0.15) is 5.52 Å². The van der Waals surface area contributed by atoms with Crippen molar-refractivity contribution < 1.29 is 0 Å². The molecule has 0 fully saturated rings. The van der Waals surface area contributed by atoms with E-state index < -0.39 is 0 Å². The summed E-state index contributed by atoms with van der Waals surface area (Å²) in [6.45, 7) is 1.95. The third kappa shape index (κ3) is 1.42. The first-order valence-corrected chi connectivity index (χ1v) is 5.55. The quantitative estimate of drug-likeness (QED) is 0.684. The zero-order valence-electron chi connectivity index (χ0n) is 8.50. The first-order chi connectivity index (χ1) is 7.74. The summed E-state index contributed by atoms with van der Waals surface area (Å²) in [6.07, 6.45) is 7.13. The molecule has 16 heavy (non-hydrogen) atoms. The fraction of sp³-hybridized carbons (Fsp3) is 0.100. The van der Waals surface area contributed by atoms with Gasteiger partial charge in [0.25, 0.3) is 0 Å². The van der Waals surface area contributed by atoms with E-state index in [0.717, 1.165) is 21.5 Å². The second kappa shape index (κ2) is 3.41. The number of rotatable bonds is 1. The number of hydrogen-bond acceptors (Lipinski definition) is 3. The minimum atomic E-state index is 0.772. The summed E-state index contributed by atoms with van der Waals surface area (Å²) >= 11 is 3.37. The van der Waals surface area contributed by atoms with Crippen molar-refractivity contribution in [2.45, 2.75) is 6.92 Å². The maximum absolute atomic E-state index is 4.33. The Labute approximate surface area is 99.9 Å². The Balaban J connectivity index is 2.30. The van der Waals surface area contributed by atoms with Crippen molar-refractivity contribution in [1.29, 1.82) is 0 Å². The van der Waals surface area contributed by atoms with E-state index in [2.05, 4.69) is 31.1 Å². The van der Waals surface area contributed by atoms with Crippen LogP contribution in [0.5, 0.6) is 0 Å². The summed E-state index contributed by atoms with van der Waals surface area (Å²) in [5, 5.41) is 8.54. The second-order valence-electron chi connectivity index (χ2n) is 3.47. The molecule has 0 atom stereocenters. The van der Waals surface area contributed by atoms with Crippen molar-refractivity contribution in [3.8, 4) is 5.82 Å². The van der Waals surface area contributed by atoms with E-state index in [1.807, 2.05) is 25.4 Å². The molecular weight excluding hydrogens is 270 g/mol. The fourth-order valence-electron chi connectivity index (χ4n) is 1.62. The maximum atomic E-state index is 4.33. The molecule has 0 saturated carbocycles. The van der Waals surface area contributed by atoms with Crippen molar-refractivity contribution >= 4 is 21.4 Å². The Bertz CT molecular complexity index is 654. The normalized spacial score (nSPS) is 11.1. The van der Waals surface area contributed by atoms with Gasteiger partial charge in [0.2, 0.25) is 0 Å². The minimum Gasteiger partial charge on any atom is -0.235 e. The first-order valence-electron chi connectivity index (χ1n) is 4.75. The van der Waals surface area contributed by atoms with Gasteiger partial charge in [-0.1, -0.05) is 0 Å². The molecule has 6 heteroatoms. The van der Waals surface area contributed by atoms with E-state index in [1.54, 1.807) is 21.6 Å². The molecule has 0 N–H and O–H groups in total. The van der Waals surface area contributed by atoms with Crippen LogP contribution in [0.1, 0.15) is 5.69 Å². The molecule has 5 nitrogen and oxygen atoms in total. The molecule has 0 spiro atoms. The molecular formula is C10H8BrN5. The van der Waals surface area contributed by atoms with Crippen LogP contribution in [0.2, 0.25) is 0 Å². The van der Waals surface area contributed by atoms with Crippen LogP contribution in [0.25, 0.3) is 11.3 Å². The van der Waals surface area contributed by atoms with Crippen LogP contribution in [-0.2, 0) is 0 Å². The van der Waals surface area contributed by atoms with Crippen LogP contribution in [0.4, 0.5) is 0 Å². The molecule has 3 heterocycles. The lowest BCUT2D eigenvalue weighted by atomic mass is 10.4. The molecule has 0 unspecified atom stereocenters. The number of aryl methyl sites for hydroxylation is 1. The Kier molecular flexibility index (Phi) is 2.03. The first kappa shape index (κ1) is 9.53. The second-order valence-corrected chi connectivity index (χ2v) is 4.39. The fourth-order valence-corrected chi connectivity index (χ4v) is 1.91. The predicted molar refractivity (Wildman–Crippen MR) is 62.5 cm³/mol. The van der Waals surface area contributed by atoms with Crippen LogP contribution >= 0.6 is 15.9 Å². The van der Waals surface area contributed by atoms with Gasteiger partial charge in [-0.05, 0) is 28.9 Å². The highest BCUT2D eigenvalue weighted by molar-refractivity contribution is 9.10. The van der Waals surface area contributed by atoms with Gasteiger partial charge in [0.05, 0.1) is 16.4 Å². The Morgan fingerprint density at radius 3 is 3.00 bits per heavy atom. The summed E-state index contributed by atoms with van der Waals surface area (Å²) in [5.41, 5.74) is 1.90. The van der Waals surface area contributed by atoms with Gasteiger partial charge in [-0.25, -0.2) is 14.2 Å². The smallest absolute Gasteiger partial charge is 0.179 e. The SMILES string of the molecule is Cc1cc2c(-n3cc(Br)cn3)nccn2n1. The van der Waals surface area contributed by atoms with E-state index >= 15 is 0 Å². The molecule has 80 valence electrons. The number of nitrogens with zero attached hydrogens (tertiary/aromatic N) is 5. The average Bonchev–Trinajstić information content (AvgIpc) is 2.82. The maximum Gasteiger partial charge on any atom is 0.179 e. The van der Waals surface area contributed by atoms with E-state index in [-0.39, 0.29) is 0 Å². The third-order valence-electron chi connectivity index (χ3n) is 2.26. The van der Waals surface area contributed by atoms with Gasteiger partial charge in [-0.15, -0.1) is 0 Å². The lowest BCUT2D eigenvalue weighted by Gasteiger charge is -2.01.